The standard InChI is InChI=1S/C13H18FNO3/c1-3-15(4-2)7-8-18-12-9-10(14)5-6-11(12)13(16)17/h5-6,9H,3-4,7-8H2,1-2H3,(H,16,17). The predicted molar refractivity (Wildman–Crippen MR) is 66.6 cm³/mol. The molecule has 0 spiro atoms. The van der Waals surface area contributed by atoms with E-state index >= 15 is 0 Å². The second kappa shape index (κ2) is 6.96. The van der Waals surface area contributed by atoms with Gasteiger partial charge in [0.1, 0.15) is 23.7 Å². The van der Waals surface area contributed by atoms with Gasteiger partial charge in [0.15, 0.2) is 0 Å². The van der Waals surface area contributed by atoms with Gasteiger partial charge in [-0.25, -0.2) is 9.18 Å². The lowest BCUT2D eigenvalue weighted by molar-refractivity contribution is 0.0691. The predicted octanol–water partition coefficient (Wildman–Crippen LogP) is 2.24. The van der Waals surface area contributed by atoms with E-state index in [-0.39, 0.29) is 11.3 Å². The Hall–Kier alpha value is -1.62. The van der Waals surface area contributed by atoms with Crippen LogP contribution < -0.4 is 4.74 Å². The average molecular weight is 255 g/mol. The Morgan fingerprint density at radius 3 is 2.61 bits per heavy atom. The molecule has 0 radical (unpaired) electrons. The van der Waals surface area contributed by atoms with Crippen LogP contribution in [-0.2, 0) is 0 Å². The minimum Gasteiger partial charge on any atom is -0.491 e. The fourth-order valence-corrected chi connectivity index (χ4v) is 1.62. The molecule has 4 nitrogen and oxygen atoms in total. The Morgan fingerprint density at radius 2 is 2.06 bits per heavy atom. The molecule has 0 aliphatic carbocycles. The number of carboxylic acid groups (broad SMARTS) is 1. The van der Waals surface area contributed by atoms with Gasteiger partial charge in [-0.05, 0) is 25.2 Å². The zero-order valence-corrected chi connectivity index (χ0v) is 10.6. The van der Waals surface area contributed by atoms with E-state index in [0.29, 0.717) is 13.2 Å². The second-order valence-electron chi connectivity index (χ2n) is 3.82. The lowest BCUT2D eigenvalue weighted by Crippen LogP contribution is -2.28. The number of carboxylic acids is 1. The molecular formula is C13H18FNO3. The van der Waals surface area contributed by atoms with Crippen molar-refractivity contribution >= 4 is 5.97 Å². The van der Waals surface area contributed by atoms with Gasteiger partial charge in [-0.2, -0.15) is 0 Å². The monoisotopic (exact) mass is 255 g/mol. The van der Waals surface area contributed by atoms with Crippen LogP contribution in [0.2, 0.25) is 0 Å². The van der Waals surface area contributed by atoms with Crippen LogP contribution in [0.5, 0.6) is 5.75 Å². The number of ether oxygens (including phenoxy) is 1. The molecule has 0 aliphatic rings. The topological polar surface area (TPSA) is 49.8 Å². The number of benzene rings is 1. The highest BCUT2D eigenvalue weighted by atomic mass is 19.1. The van der Waals surface area contributed by atoms with Crippen LogP contribution in [0.4, 0.5) is 4.39 Å². The van der Waals surface area contributed by atoms with E-state index in [9.17, 15) is 9.18 Å². The van der Waals surface area contributed by atoms with Crippen molar-refractivity contribution in [1.82, 2.24) is 4.90 Å². The highest BCUT2D eigenvalue weighted by Crippen LogP contribution is 2.19. The quantitative estimate of drug-likeness (QED) is 0.811. The van der Waals surface area contributed by atoms with Crippen LogP contribution in [0.25, 0.3) is 0 Å². The van der Waals surface area contributed by atoms with Gasteiger partial charge >= 0.3 is 5.97 Å². The molecule has 100 valence electrons. The molecule has 0 amide bonds. The van der Waals surface area contributed by atoms with Crippen LogP contribution in [0.1, 0.15) is 24.2 Å². The third-order valence-electron chi connectivity index (χ3n) is 2.73. The Balaban J connectivity index is 2.66. The van der Waals surface area contributed by atoms with Crippen molar-refractivity contribution < 1.29 is 19.0 Å². The molecule has 0 heterocycles. The smallest absolute Gasteiger partial charge is 0.339 e. The summed E-state index contributed by atoms with van der Waals surface area (Å²) in [6, 6.07) is 3.43. The van der Waals surface area contributed by atoms with Gasteiger partial charge in [-0.15, -0.1) is 0 Å². The number of nitrogens with zero attached hydrogens (tertiary/aromatic N) is 1. The Labute approximate surface area is 106 Å². The van der Waals surface area contributed by atoms with E-state index in [2.05, 4.69) is 4.90 Å². The van der Waals surface area contributed by atoms with E-state index in [1.165, 1.54) is 6.07 Å². The van der Waals surface area contributed by atoms with Gasteiger partial charge in [0.25, 0.3) is 0 Å². The Kier molecular flexibility index (Phi) is 5.58. The summed E-state index contributed by atoms with van der Waals surface area (Å²) in [7, 11) is 0. The van der Waals surface area contributed by atoms with Gasteiger partial charge in [-0.3, -0.25) is 0 Å². The van der Waals surface area contributed by atoms with Crippen molar-refractivity contribution in [1.29, 1.82) is 0 Å². The molecule has 1 rings (SSSR count). The maximum Gasteiger partial charge on any atom is 0.339 e. The zero-order chi connectivity index (χ0) is 13.5. The fraction of sp³-hybridized carbons (Fsp3) is 0.462. The van der Waals surface area contributed by atoms with Gasteiger partial charge in [0.05, 0.1) is 0 Å². The lowest BCUT2D eigenvalue weighted by Gasteiger charge is -2.18. The number of aromatic carboxylic acids is 1. The summed E-state index contributed by atoms with van der Waals surface area (Å²) in [5.74, 6) is -1.54. The second-order valence-corrected chi connectivity index (χ2v) is 3.82. The molecule has 0 saturated heterocycles. The summed E-state index contributed by atoms with van der Waals surface area (Å²) >= 11 is 0. The van der Waals surface area contributed by atoms with Gasteiger partial charge in [0.2, 0.25) is 0 Å². The van der Waals surface area contributed by atoms with Crippen LogP contribution in [-0.4, -0.2) is 42.2 Å². The molecule has 18 heavy (non-hydrogen) atoms. The third-order valence-corrected chi connectivity index (χ3v) is 2.73. The normalized spacial score (nSPS) is 10.7. The number of halogens is 1. The summed E-state index contributed by atoms with van der Waals surface area (Å²) < 4.78 is 18.4. The van der Waals surface area contributed by atoms with Gasteiger partial charge in [0, 0.05) is 12.6 Å². The summed E-state index contributed by atoms with van der Waals surface area (Å²) in [4.78, 5) is 13.1. The van der Waals surface area contributed by atoms with E-state index in [1.807, 2.05) is 13.8 Å². The zero-order valence-electron chi connectivity index (χ0n) is 10.6. The van der Waals surface area contributed by atoms with E-state index < -0.39 is 11.8 Å². The van der Waals surface area contributed by atoms with Crippen LogP contribution in [0, 0.1) is 5.82 Å². The SMILES string of the molecule is CCN(CC)CCOc1cc(F)ccc1C(=O)O. The molecular weight excluding hydrogens is 237 g/mol. The highest BCUT2D eigenvalue weighted by molar-refractivity contribution is 5.90. The van der Waals surface area contributed by atoms with Gasteiger partial charge in [-0.1, -0.05) is 13.8 Å². The largest absolute Gasteiger partial charge is 0.491 e. The van der Waals surface area contributed by atoms with Crippen molar-refractivity contribution in [3.63, 3.8) is 0 Å². The molecule has 5 heteroatoms. The molecule has 1 aromatic carbocycles. The number of rotatable bonds is 7. The first kappa shape index (κ1) is 14.4. The van der Waals surface area contributed by atoms with Crippen LogP contribution >= 0.6 is 0 Å². The molecule has 0 aliphatic heterocycles. The first-order valence-electron chi connectivity index (χ1n) is 5.96. The molecule has 0 fully saturated rings. The number of hydrogen-bond acceptors (Lipinski definition) is 3. The maximum absolute atomic E-state index is 13.0. The Morgan fingerprint density at radius 1 is 1.39 bits per heavy atom. The number of likely N-dealkylation sites (N-methyl/N-ethyl adjacent to an activating group) is 1. The maximum atomic E-state index is 13.0. The Bertz CT molecular complexity index is 405. The highest BCUT2D eigenvalue weighted by Gasteiger charge is 2.12. The molecule has 0 bridgehead atoms. The lowest BCUT2D eigenvalue weighted by atomic mass is 10.2. The van der Waals surface area contributed by atoms with Gasteiger partial charge < -0.3 is 14.7 Å². The minimum absolute atomic E-state index is 0.0176. The van der Waals surface area contributed by atoms with Crippen molar-refractivity contribution in [3.05, 3.63) is 29.6 Å². The van der Waals surface area contributed by atoms with Crippen LogP contribution in [0.3, 0.4) is 0 Å². The summed E-state index contributed by atoms with van der Waals surface area (Å²) in [6.07, 6.45) is 0. The average Bonchev–Trinajstić information content (AvgIpc) is 2.34. The minimum atomic E-state index is -1.12. The molecule has 0 unspecified atom stereocenters. The summed E-state index contributed by atoms with van der Waals surface area (Å²) in [5.41, 5.74) is -0.0176. The fourth-order valence-electron chi connectivity index (χ4n) is 1.62. The van der Waals surface area contributed by atoms with E-state index in [4.69, 9.17) is 9.84 Å². The molecule has 0 saturated carbocycles. The third kappa shape index (κ3) is 4.00. The molecule has 0 atom stereocenters. The first-order chi connectivity index (χ1) is 8.58. The molecule has 1 aromatic rings. The summed E-state index contributed by atoms with van der Waals surface area (Å²) in [6.45, 7) is 6.89. The number of hydrogen-bond donors (Lipinski definition) is 1. The molecule has 1 N–H and O–H groups in total. The number of carbonyl (C=O) groups is 1. The van der Waals surface area contributed by atoms with Crippen LogP contribution in [0.15, 0.2) is 18.2 Å². The van der Waals surface area contributed by atoms with Crippen molar-refractivity contribution in [2.75, 3.05) is 26.2 Å². The van der Waals surface area contributed by atoms with Crippen molar-refractivity contribution in [3.8, 4) is 5.75 Å². The summed E-state index contributed by atoms with van der Waals surface area (Å²) in [5, 5.41) is 8.94. The first-order valence-corrected chi connectivity index (χ1v) is 5.96. The van der Waals surface area contributed by atoms with Crippen molar-refractivity contribution in [2.45, 2.75) is 13.8 Å². The van der Waals surface area contributed by atoms with E-state index in [1.54, 1.807) is 0 Å². The molecule has 0 aromatic heterocycles. The van der Waals surface area contributed by atoms with E-state index in [0.717, 1.165) is 25.2 Å². The van der Waals surface area contributed by atoms with Crippen molar-refractivity contribution in [2.24, 2.45) is 0 Å².